The van der Waals surface area contributed by atoms with Crippen molar-refractivity contribution in [3.8, 4) is 22.9 Å². The van der Waals surface area contributed by atoms with Crippen molar-refractivity contribution < 1.29 is 18.3 Å². The maximum atomic E-state index is 15.8. The molecule has 3 atom stereocenters. The molecule has 2 aliphatic rings. The third-order valence-corrected chi connectivity index (χ3v) is 9.33. The molecule has 3 aromatic rings. The molecule has 1 fully saturated rings. The molecule has 2 N–H and O–H groups in total. The molecule has 5 rings (SSSR count). The SMILES string of the molecule is CC(C)C1CC2COc3c(cc(F)c(-c4ccc(F)c5sc(N)c(C#N)c45)c3Cl)C(=O)N2CC1C(C)C. The second-order valence-electron chi connectivity index (χ2n) is 10.7. The normalized spacial score (nSPS) is 21.6. The van der Waals surface area contributed by atoms with E-state index in [0.29, 0.717) is 30.2 Å². The van der Waals surface area contributed by atoms with Gasteiger partial charge in [-0.2, -0.15) is 5.26 Å². The Morgan fingerprint density at radius 3 is 2.51 bits per heavy atom. The summed E-state index contributed by atoms with van der Waals surface area (Å²) in [6, 6.07) is 5.57. The van der Waals surface area contributed by atoms with Gasteiger partial charge in [0.25, 0.3) is 5.91 Å². The van der Waals surface area contributed by atoms with E-state index < -0.39 is 11.6 Å². The zero-order chi connectivity index (χ0) is 26.8. The Balaban J connectivity index is 1.65. The fraction of sp³-hybridized carbons (Fsp3) is 0.429. The second kappa shape index (κ2) is 9.45. The van der Waals surface area contributed by atoms with Crippen LogP contribution >= 0.6 is 22.9 Å². The van der Waals surface area contributed by atoms with Crippen LogP contribution in [0.3, 0.4) is 0 Å². The number of rotatable bonds is 3. The number of hydrogen-bond acceptors (Lipinski definition) is 5. The van der Waals surface area contributed by atoms with Gasteiger partial charge >= 0.3 is 0 Å². The first kappa shape index (κ1) is 25.7. The molecule has 37 heavy (non-hydrogen) atoms. The number of piperidine rings is 1. The summed E-state index contributed by atoms with van der Waals surface area (Å²) >= 11 is 7.69. The molecule has 9 heteroatoms. The first-order chi connectivity index (χ1) is 17.5. The van der Waals surface area contributed by atoms with Crippen molar-refractivity contribution in [1.82, 2.24) is 4.90 Å². The van der Waals surface area contributed by atoms with Gasteiger partial charge < -0.3 is 15.4 Å². The Kier molecular flexibility index (Phi) is 6.57. The summed E-state index contributed by atoms with van der Waals surface area (Å²) in [7, 11) is 0. The topological polar surface area (TPSA) is 79.3 Å². The zero-order valence-corrected chi connectivity index (χ0v) is 22.6. The molecule has 0 spiro atoms. The average Bonchev–Trinajstić information content (AvgIpc) is 3.13. The number of carbonyl (C=O) groups is 1. The number of nitrogen functional groups attached to an aromatic ring is 1. The molecule has 0 bridgehead atoms. The minimum Gasteiger partial charge on any atom is -0.489 e. The fourth-order valence-corrected chi connectivity index (χ4v) is 7.29. The smallest absolute Gasteiger partial charge is 0.258 e. The highest BCUT2D eigenvalue weighted by Gasteiger charge is 2.43. The molecular formula is C28H28ClF2N3O2S. The van der Waals surface area contributed by atoms with Gasteiger partial charge in [-0.05, 0) is 47.8 Å². The highest BCUT2D eigenvalue weighted by atomic mass is 35.5. The standard InChI is InChI=1S/C28H28ClF2N3O2S/c1-12(2)16-7-14-11-36-25-17(28(35)34(14)10-19(16)13(3)4)8-21(31)23(24(25)29)15-5-6-20(30)26-22(15)18(9-32)27(33)37-26/h5-6,8,12-14,16,19H,7,10-11,33H2,1-4H3. The van der Waals surface area contributed by atoms with Crippen molar-refractivity contribution in [2.75, 3.05) is 18.9 Å². The van der Waals surface area contributed by atoms with Gasteiger partial charge in [0.15, 0.2) is 5.75 Å². The number of anilines is 1. The average molecular weight is 544 g/mol. The maximum absolute atomic E-state index is 15.8. The van der Waals surface area contributed by atoms with Crippen LogP contribution in [-0.2, 0) is 0 Å². The molecule has 2 aliphatic heterocycles. The molecule has 0 saturated carbocycles. The number of nitrogens with zero attached hydrogens (tertiary/aromatic N) is 2. The van der Waals surface area contributed by atoms with Crippen LogP contribution in [0.25, 0.3) is 21.2 Å². The van der Waals surface area contributed by atoms with Crippen LogP contribution in [0.1, 0.15) is 50.0 Å². The lowest BCUT2D eigenvalue weighted by molar-refractivity contribution is 0.0102. The number of nitriles is 1. The molecule has 3 heterocycles. The Bertz CT molecular complexity index is 1460. The van der Waals surface area contributed by atoms with E-state index >= 15 is 4.39 Å². The largest absolute Gasteiger partial charge is 0.489 e. The molecule has 1 saturated heterocycles. The van der Waals surface area contributed by atoms with Crippen LogP contribution in [0.5, 0.6) is 5.75 Å². The van der Waals surface area contributed by atoms with E-state index in [1.807, 2.05) is 11.0 Å². The molecule has 0 aliphatic carbocycles. The molecule has 5 nitrogen and oxygen atoms in total. The molecule has 2 aromatic carbocycles. The van der Waals surface area contributed by atoms with E-state index in [1.54, 1.807) is 0 Å². The van der Waals surface area contributed by atoms with Gasteiger partial charge in [0.05, 0.1) is 26.9 Å². The number of amides is 1. The third kappa shape index (κ3) is 4.04. The number of halogens is 3. The molecule has 1 amide bonds. The Morgan fingerprint density at radius 2 is 1.86 bits per heavy atom. The van der Waals surface area contributed by atoms with Gasteiger partial charge in [-0.15, -0.1) is 11.3 Å². The number of carbonyl (C=O) groups excluding carboxylic acids is 1. The molecular weight excluding hydrogens is 516 g/mol. The maximum Gasteiger partial charge on any atom is 0.258 e. The Labute approximate surface area is 223 Å². The van der Waals surface area contributed by atoms with Crippen molar-refractivity contribution >= 4 is 43.9 Å². The van der Waals surface area contributed by atoms with Gasteiger partial charge in [0, 0.05) is 17.5 Å². The second-order valence-corrected chi connectivity index (χ2v) is 12.1. The summed E-state index contributed by atoms with van der Waals surface area (Å²) in [5, 5.41) is 9.92. The van der Waals surface area contributed by atoms with Crippen LogP contribution in [0, 0.1) is 46.6 Å². The van der Waals surface area contributed by atoms with Crippen LogP contribution in [0.15, 0.2) is 18.2 Å². The van der Waals surface area contributed by atoms with Gasteiger partial charge in [0.1, 0.15) is 29.3 Å². The van der Waals surface area contributed by atoms with Crippen molar-refractivity contribution in [2.45, 2.75) is 40.2 Å². The van der Waals surface area contributed by atoms with Gasteiger partial charge in [-0.1, -0.05) is 45.4 Å². The highest BCUT2D eigenvalue weighted by molar-refractivity contribution is 7.23. The molecule has 3 unspecified atom stereocenters. The van der Waals surface area contributed by atoms with Crippen LogP contribution in [-0.4, -0.2) is 30.0 Å². The van der Waals surface area contributed by atoms with E-state index in [4.69, 9.17) is 22.1 Å². The van der Waals surface area contributed by atoms with E-state index in [2.05, 4.69) is 27.7 Å². The summed E-state index contributed by atoms with van der Waals surface area (Å²) in [6.07, 6.45) is 0.797. The Hall–Kier alpha value is -2.89. The lowest BCUT2D eigenvalue weighted by Gasteiger charge is -2.46. The lowest BCUT2D eigenvalue weighted by atomic mass is 9.71. The van der Waals surface area contributed by atoms with E-state index in [9.17, 15) is 14.4 Å². The van der Waals surface area contributed by atoms with E-state index in [-0.39, 0.29) is 66.7 Å². The highest BCUT2D eigenvalue weighted by Crippen LogP contribution is 2.48. The van der Waals surface area contributed by atoms with Crippen molar-refractivity contribution in [1.29, 1.82) is 5.26 Å². The number of benzene rings is 2. The number of fused-ring (bicyclic) bond motifs is 3. The van der Waals surface area contributed by atoms with Crippen LogP contribution < -0.4 is 10.5 Å². The minimum absolute atomic E-state index is 0.0486. The summed E-state index contributed by atoms with van der Waals surface area (Å²) in [6.45, 7) is 9.58. The number of hydrogen-bond donors (Lipinski definition) is 1. The van der Waals surface area contributed by atoms with Gasteiger partial charge in [-0.25, -0.2) is 8.78 Å². The lowest BCUT2D eigenvalue weighted by Crippen LogP contribution is -2.53. The Morgan fingerprint density at radius 1 is 1.16 bits per heavy atom. The van der Waals surface area contributed by atoms with Crippen LogP contribution in [0.4, 0.5) is 13.8 Å². The molecule has 0 radical (unpaired) electrons. The summed E-state index contributed by atoms with van der Waals surface area (Å²) in [5.41, 5.74) is 6.28. The number of ether oxygens (including phenoxy) is 1. The van der Waals surface area contributed by atoms with Crippen molar-refractivity contribution in [3.05, 3.63) is 46.0 Å². The van der Waals surface area contributed by atoms with E-state index in [0.717, 1.165) is 23.8 Å². The van der Waals surface area contributed by atoms with Crippen molar-refractivity contribution in [2.24, 2.45) is 23.7 Å². The quantitative estimate of drug-likeness (QED) is 0.382. The summed E-state index contributed by atoms with van der Waals surface area (Å²) in [4.78, 5) is 15.6. The third-order valence-electron chi connectivity index (χ3n) is 7.94. The first-order valence-electron chi connectivity index (χ1n) is 12.4. The summed E-state index contributed by atoms with van der Waals surface area (Å²) < 4.78 is 36.6. The predicted molar refractivity (Wildman–Crippen MR) is 143 cm³/mol. The molecule has 194 valence electrons. The number of nitrogens with two attached hydrogens (primary N) is 1. The summed E-state index contributed by atoms with van der Waals surface area (Å²) in [5.74, 6) is 0.0873. The van der Waals surface area contributed by atoms with Gasteiger partial charge in [-0.3, -0.25) is 4.79 Å². The zero-order valence-electron chi connectivity index (χ0n) is 21.1. The minimum atomic E-state index is -0.752. The number of thiophene rings is 1. The van der Waals surface area contributed by atoms with Crippen LogP contribution in [0.2, 0.25) is 5.02 Å². The monoisotopic (exact) mass is 543 g/mol. The fourth-order valence-electron chi connectivity index (χ4n) is 6.00. The molecule has 1 aromatic heterocycles. The first-order valence-corrected chi connectivity index (χ1v) is 13.6. The van der Waals surface area contributed by atoms with E-state index in [1.165, 1.54) is 12.1 Å². The van der Waals surface area contributed by atoms with Gasteiger partial charge in [0.2, 0.25) is 0 Å². The predicted octanol–water partition coefficient (Wildman–Crippen LogP) is 7.11. The van der Waals surface area contributed by atoms with Crippen molar-refractivity contribution in [3.63, 3.8) is 0 Å².